The van der Waals surface area contributed by atoms with Gasteiger partial charge >= 0.3 is 0 Å². The van der Waals surface area contributed by atoms with Crippen molar-refractivity contribution < 1.29 is 14.3 Å². The molecule has 0 unspecified atom stereocenters. The molecule has 7 heteroatoms. The maximum absolute atomic E-state index is 12.7. The lowest BCUT2D eigenvalue weighted by atomic mass is 9.79. The maximum atomic E-state index is 12.7. The molecule has 0 radical (unpaired) electrons. The molecule has 1 aliphatic carbocycles. The van der Waals surface area contributed by atoms with Crippen LogP contribution in [0.1, 0.15) is 58.8 Å². The van der Waals surface area contributed by atoms with E-state index in [1.165, 1.54) is 30.6 Å². The van der Waals surface area contributed by atoms with E-state index in [-0.39, 0.29) is 17.7 Å². The number of hydrogen-bond donors (Lipinski definition) is 1. The number of ether oxygens (including phenoxy) is 1. The van der Waals surface area contributed by atoms with Crippen molar-refractivity contribution in [2.75, 3.05) is 17.3 Å². The van der Waals surface area contributed by atoms with Crippen molar-refractivity contribution in [2.45, 2.75) is 64.9 Å². The first-order valence-electron chi connectivity index (χ1n) is 11.3. The van der Waals surface area contributed by atoms with Gasteiger partial charge in [0.1, 0.15) is 5.75 Å². The van der Waals surface area contributed by atoms with Gasteiger partial charge in [-0.1, -0.05) is 26.2 Å². The highest BCUT2D eigenvalue weighted by molar-refractivity contribution is 7.14. The Balaban J connectivity index is 1.39. The van der Waals surface area contributed by atoms with Crippen molar-refractivity contribution in [3.63, 3.8) is 0 Å². The van der Waals surface area contributed by atoms with E-state index in [1.807, 2.05) is 23.6 Å². The van der Waals surface area contributed by atoms with Crippen LogP contribution in [0.25, 0.3) is 11.3 Å². The van der Waals surface area contributed by atoms with Crippen LogP contribution in [-0.2, 0) is 9.59 Å². The molecule has 1 fully saturated rings. The molecule has 0 bridgehead atoms. The molecule has 0 spiro atoms. The summed E-state index contributed by atoms with van der Waals surface area (Å²) in [4.78, 5) is 31.2. The van der Waals surface area contributed by atoms with Crippen LogP contribution < -0.4 is 15.0 Å². The number of nitrogens with one attached hydrogen (secondary N) is 1. The minimum Gasteiger partial charge on any atom is -0.479 e. The molecule has 2 aromatic rings. The van der Waals surface area contributed by atoms with Gasteiger partial charge in [0, 0.05) is 23.9 Å². The monoisotopic (exact) mass is 441 g/mol. The van der Waals surface area contributed by atoms with Crippen molar-refractivity contribution in [1.29, 1.82) is 0 Å². The highest BCUT2D eigenvalue weighted by Gasteiger charge is 2.29. The van der Waals surface area contributed by atoms with E-state index in [0.717, 1.165) is 48.5 Å². The van der Waals surface area contributed by atoms with Crippen molar-refractivity contribution in [3.05, 3.63) is 23.6 Å². The van der Waals surface area contributed by atoms with E-state index in [4.69, 9.17) is 4.74 Å². The van der Waals surface area contributed by atoms with Crippen LogP contribution in [0.15, 0.2) is 23.6 Å². The SMILES string of the molecule is CCCCC1CCC(C(=O)Nc2nc(-c3ccc4c(c3)N(C)C(=O)[C@@H](C)O4)cs2)CC1. The van der Waals surface area contributed by atoms with Gasteiger partial charge in [-0.15, -0.1) is 11.3 Å². The van der Waals surface area contributed by atoms with Crippen molar-refractivity contribution in [2.24, 2.45) is 11.8 Å². The Morgan fingerprint density at radius 3 is 2.81 bits per heavy atom. The number of rotatable bonds is 6. The van der Waals surface area contributed by atoms with Crippen LogP contribution in [0.3, 0.4) is 0 Å². The van der Waals surface area contributed by atoms with E-state index in [1.54, 1.807) is 18.9 Å². The molecule has 2 aliphatic rings. The fourth-order valence-corrected chi connectivity index (χ4v) is 5.27. The van der Waals surface area contributed by atoms with E-state index in [2.05, 4.69) is 17.2 Å². The number of thiazole rings is 1. The zero-order chi connectivity index (χ0) is 22.0. The molecule has 0 saturated heterocycles. The molecule has 1 aromatic heterocycles. The van der Waals surface area contributed by atoms with Gasteiger partial charge in [-0.2, -0.15) is 0 Å². The normalized spacial score (nSPS) is 23.3. The zero-order valence-corrected chi connectivity index (χ0v) is 19.3. The lowest BCUT2D eigenvalue weighted by Crippen LogP contribution is -2.41. The average Bonchev–Trinajstić information content (AvgIpc) is 3.24. The molecule has 1 aliphatic heterocycles. The number of amides is 2. The Morgan fingerprint density at radius 1 is 1.29 bits per heavy atom. The van der Waals surface area contributed by atoms with E-state index < -0.39 is 6.10 Å². The van der Waals surface area contributed by atoms with Crippen LogP contribution in [0, 0.1) is 11.8 Å². The summed E-state index contributed by atoms with van der Waals surface area (Å²) in [5.74, 6) is 1.59. The second kappa shape index (κ2) is 9.39. The van der Waals surface area contributed by atoms with Crippen LogP contribution in [0.2, 0.25) is 0 Å². The molecule has 2 heterocycles. The molecule has 1 N–H and O–H groups in total. The first kappa shape index (κ1) is 21.8. The molecule has 166 valence electrons. The Labute approximate surface area is 188 Å². The van der Waals surface area contributed by atoms with Gasteiger partial charge in [-0.25, -0.2) is 4.98 Å². The Morgan fingerprint density at radius 2 is 2.06 bits per heavy atom. The minimum atomic E-state index is -0.480. The number of nitrogens with zero attached hydrogens (tertiary/aromatic N) is 2. The average molecular weight is 442 g/mol. The first-order valence-corrected chi connectivity index (χ1v) is 12.2. The Bertz CT molecular complexity index is 949. The van der Waals surface area contributed by atoms with Gasteiger partial charge in [0.15, 0.2) is 11.2 Å². The summed E-state index contributed by atoms with van der Waals surface area (Å²) in [6, 6.07) is 5.73. The zero-order valence-electron chi connectivity index (χ0n) is 18.5. The van der Waals surface area contributed by atoms with E-state index in [0.29, 0.717) is 10.9 Å². The van der Waals surface area contributed by atoms with Gasteiger partial charge in [0.25, 0.3) is 5.91 Å². The standard InChI is InChI=1S/C24H31N3O3S/c1-4-5-6-16-7-9-17(10-8-16)22(28)26-24-25-19(14-31-24)18-11-12-21-20(13-18)27(3)23(29)15(2)30-21/h11-17H,4-10H2,1-3H3,(H,25,26,28)/t15-,16?,17?/m1/s1. The second-order valence-electron chi connectivity index (χ2n) is 8.73. The number of fused-ring (bicyclic) bond motifs is 1. The molecule has 1 aromatic carbocycles. The predicted octanol–water partition coefficient (Wildman–Crippen LogP) is 5.49. The van der Waals surface area contributed by atoms with Crippen LogP contribution in [0.4, 0.5) is 10.8 Å². The van der Waals surface area contributed by atoms with E-state index >= 15 is 0 Å². The second-order valence-corrected chi connectivity index (χ2v) is 9.58. The largest absolute Gasteiger partial charge is 0.479 e. The lowest BCUT2D eigenvalue weighted by molar-refractivity contribution is -0.125. The summed E-state index contributed by atoms with van der Waals surface area (Å²) in [5.41, 5.74) is 2.41. The van der Waals surface area contributed by atoms with Gasteiger partial charge in [0.05, 0.1) is 11.4 Å². The lowest BCUT2D eigenvalue weighted by Gasteiger charge is -2.30. The highest BCUT2D eigenvalue weighted by atomic mass is 32.1. The quantitative estimate of drug-likeness (QED) is 0.643. The molecule has 4 rings (SSSR count). The van der Waals surface area contributed by atoms with E-state index in [9.17, 15) is 9.59 Å². The van der Waals surface area contributed by atoms with Crippen molar-refractivity contribution >= 4 is 34.0 Å². The van der Waals surface area contributed by atoms with Crippen molar-refractivity contribution in [1.82, 2.24) is 4.98 Å². The fourth-order valence-electron chi connectivity index (χ4n) is 4.55. The number of benzene rings is 1. The molecule has 6 nitrogen and oxygen atoms in total. The summed E-state index contributed by atoms with van der Waals surface area (Å²) in [5, 5.41) is 5.59. The highest BCUT2D eigenvalue weighted by Crippen LogP contribution is 2.38. The van der Waals surface area contributed by atoms with Crippen molar-refractivity contribution in [3.8, 4) is 17.0 Å². The summed E-state index contributed by atoms with van der Waals surface area (Å²) < 4.78 is 5.69. The number of unbranched alkanes of at least 4 members (excludes halogenated alkanes) is 1. The van der Waals surface area contributed by atoms with Gasteiger partial charge in [0.2, 0.25) is 5.91 Å². The summed E-state index contributed by atoms with van der Waals surface area (Å²) in [6.07, 6.45) is 7.62. The predicted molar refractivity (Wildman–Crippen MR) is 125 cm³/mol. The molecule has 2 amide bonds. The summed E-state index contributed by atoms with van der Waals surface area (Å²) >= 11 is 1.43. The van der Waals surface area contributed by atoms with Gasteiger partial charge in [-0.3, -0.25) is 9.59 Å². The smallest absolute Gasteiger partial charge is 0.267 e. The molecular formula is C24H31N3O3S. The van der Waals surface area contributed by atoms with Gasteiger partial charge < -0.3 is 15.0 Å². The Hall–Kier alpha value is -2.41. The topological polar surface area (TPSA) is 71.5 Å². The summed E-state index contributed by atoms with van der Waals surface area (Å²) in [7, 11) is 1.76. The molecule has 1 atom stereocenters. The number of carbonyl (C=O) groups is 2. The molecule has 31 heavy (non-hydrogen) atoms. The first-order chi connectivity index (χ1) is 15.0. The number of carbonyl (C=O) groups excluding carboxylic acids is 2. The van der Waals surface area contributed by atoms with Crippen LogP contribution >= 0.6 is 11.3 Å². The number of aromatic nitrogens is 1. The number of likely N-dealkylation sites (N-methyl/N-ethyl adjacent to an activating group) is 1. The molecule has 1 saturated carbocycles. The minimum absolute atomic E-state index is 0.0692. The fraction of sp³-hybridized carbons (Fsp3) is 0.542. The van der Waals surface area contributed by atoms with Crippen LogP contribution in [0.5, 0.6) is 5.75 Å². The third-order valence-corrected chi connectivity index (χ3v) is 7.27. The Kier molecular flexibility index (Phi) is 6.60. The number of anilines is 2. The summed E-state index contributed by atoms with van der Waals surface area (Å²) in [6.45, 7) is 3.99. The third kappa shape index (κ3) is 4.76. The van der Waals surface area contributed by atoms with Gasteiger partial charge in [-0.05, 0) is 56.7 Å². The number of hydrogen-bond acceptors (Lipinski definition) is 5. The third-order valence-electron chi connectivity index (χ3n) is 6.52. The van der Waals surface area contributed by atoms with Crippen LogP contribution in [-0.4, -0.2) is 29.9 Å². The maximum Gasteiger partial charge on any atom is 0.267 e. The molecular weight excluding hydrogens is 410 g/mol.